The number of hydrogen-bond acceptors (Lipinski definition) is 4. The molecule has 21 heavy (non-hydrogen) atoms. The third kappa shape index (κ3) is 3.25. The summed E-state index contributed by atoms with van der Waals surface area (Å²) in [7, 11) is -3.45. The molecule has 3 unspecified atom stereocenters. The Balaban J connectivity index is 1.64. The van der Waals surface area contributed by atoms with Gasteiger partial charge in [-0.25, -0.2) is 17.9 Å². The maximum Gasteiger partial charge on any atom is 0.335 e. The summed E-state index contributed by atoms with van der Waals surface area (Å²) >= 11 is 0. The van der Waals surface area contributed by atoms with Gasteiger partial charge in [-0.15, -0.1) is 0 Å². The summed E-state index contributed by atoms with van der Waals surface area (Å²) in [6.07, 6.45) is 2.85. The molecule has 2 aliphatic rings. The minimum atomic E-state index is -3.45. The molecule has 2 fully saturated rings. The molecule has 7 heteroatoms. The van der Waals surface area contributed by atoms with Gasteiger partial charge in [0, 0.05) is 0 Å². The van der Waals surface area contributed by atoms with Gasteiger partial charge in [0.15, 0.2) is 0 Å². The van der Waals surface area contributed by atoms with Crippen LogP contribution in [0.2, 0.25) is 0 Å². The summed E-state index contributed by atoms with van der Waals surface area (Å²) < 4.78 is 32.7. The quantitative estimate of drug-likeness (QED) is 0.850. The van der Waals surface area contributed by atoms with E-state index in [0.717, 1.165) is 19.3 Å². The summed E-state index contributed by atoms with van der Waals surface area (Å²) in [5, 5.41) is 8.81. The molecule has 2 saturated heterocycles. The second-order valence-electron chi connectivity index (χ2n) is 5.60. The molecule has 2 bridgehead atoms. The van der Waals surface area contributed by atoms with Gasteiger partial charge in [0.1, 0.15) is 0 Å². The third-order valence-corrected chi connectivity index (χ3v) is 5.37. The Kier molecular flexibility index (Phi) is 3.73. The third-order valence-electron chi connectivity index (χ3n) is 3.99. The van der Waals surface area contributed by atoms with Gasteiger partial charge in [0.05, 0.1) is 29.6 Å². The van der Waals surface area contributed by atoms with E-state index in [1.807, 2.05) is 0 Å². The molecule has 0 radical (unpaired) electrons. The van der Waals surface area contributed by atoms with E-state index in [1.54, 1.807) is 0 Å². The van der Waals surface area contributed by atoms with Gasteiger partial charge >= 0.3 is 5.97 Å². The first-order chi connectivity index (χ1) is 9.93. The first-order valence-electron chi connectivity index (χ1n) is 6.91. The van der Waals surface area contributed by atoms with Crippen molar-refractivity contribution in [3.05, 3.63) is 35.4 Å². The Bertz CT molecular complexity index is 640. The van der Waals surface area contributed by atoms with Crippen molar-refractivity contribution in [2.45, 2.75) is 43.3 Å². The molecule has 2 heterocycles. The first kappa shape index (κ1) is 14.5. The normalized spacial score (nSPS) is 27.9. The minimum Gasteiger partial charge on any atom is -0.478 e. The van der Waals surface area contributed by atoms with E-state index in [2.05, 4.69) is 4.72 Å². The van der Waals surface area contributed by atoms with Crippen LogP contribution in [0, 0.1) is 0 Å². The number of carbonyl (C=O) groups is 1. The summed E-state index contributed by atoms with van der Waals surface area (Å²) in [6.45, 7) is 0. The van der Waals surface area contributed by atoms with E-state index in [4.69, 9.17) is 9.84 Å². The molecule has 0 aliphatic carbocycles. The van der Waals surface area contributed by atoms with Crippen molar-refractivity contribution in [2.75, 3.05) is 0 Å². The van der Waals surface area contributed by atoms with E-state index in [9.17, 15) is 13.2 Å². The fraction of sp³-hybridized carbons (Fsp3) is 0.500. The number of benzene rings is 1. The molecule has 2 N–H and O–H groups in total. The average Bonchev–Trinajstić information content (AvgIpc) is 3.00. The van der Waals surface area contributed by atoms with Crippen LogP contribution in [0.3, 0.4) is 0 Å². The van der Waals surface area contributed by atoms with E-state index in [1.165, 1.54) is 24.3 Å². The molecule has 3 rings (SSSR count). The van der Waals surface area contributed by atoms with Crippen LogP contribution in [0.4, 0.5) is 0 Å². The van der Waals surface area contributed by atoms with E-state index < -0.39 is 16.0 Å². The number of carboxylic acid groups (broad SMARTS) is 1. The number of hydrogen-bond donors (Lipinski definition) is 2. The molecular weight excluding hydrogens is 294 g/mol. The Morgan fingerprint density at radius 3 is 2.52 bits per heavy atom. The van der Waals surface area contributed by atoms with Gasteiger partial charge in [0.25, 0.3) is 0 Å². The molecule has 0 spiro atoms. The van der Waals surface area contributed by atoms with Crippen LogP contribution in [0.25, 0.3) is 0 Å². The summed E-state index contributed by atoms with van der Waals surface area (Å²) in [4.78, 5) is 10.8. The van der Waals surface area contributed by atoms with Crippen molar-refractivity contribution < 1.29 is 23.1 Å². The highest BCUT2D eigenvalue weighted by Gasteiger charge is 2.42. The standard InChI is InChI=1S/C14H17NO5S/c16-14(17)10-3-1-9(2-4-10)8-21(18,19)15-12-7-11-5-6-13(12)20-11/h1-4,11-13,15H,5-8H2,(H,16,17). The monoisotopic (exact) mass is 311 g/mol. The first-order valence-corrected chi connectivity index (χ1v) is 8.56. The van der Waals surface area contributed by atoms with E-state index in [0.29, 0.717) is 5.56 Å². The Labute approximate surface area is 123 Å². The smallest absolute Gasteiger partial charge is 0.335 e. The van der Waals surface area contributed by atoms with E-state index in [-0.39, 0.29) is 29.6 Å². The van der Waals surface area contributed by atoms with Crippen LogP contribution in [-0.4, -0.2) is 37.7 Å². The molecule has 0 aromatic heterocycles. The summed E-state index contributed by atoms with van der Waals surface area (Å²) in [5.74, 6) is -1.18. The predicted octanol–water partition coefficient (Wildman–Crippen LogP) is 1.12. The molecule has 2 aliphatic heterocycles. The van der Waals surface area contributed by atoms with Crippen molar-refractivity contribution in [1.82, 2.24) is 4.72 Å². The zero-order chi connectivity index (χ0) is 15.0. The second kappa shape index (κ2) is 5.40. The largest absolute Gasteiger partial charge is 0.478 e. The van der Waals surface area contributed by atoms with Gasteiger partial charge in [-0.2, -0.15) is 0 Å². The predicted molar refractivity (Wildman–Crippen MR) is 75.5 cm³/mol. The molecule has 3 atom stereocenters. The fourth-order valence-corrected chi connectivity index (χ4v) is 4.42. The van der Waals surface area contributed by atoms with Crippen molar-refractivity contribution in [1.29, 1.82) is 0 Å². The maximum atomic E-state index is 12.2. The molecule has 6 nitrogen and oxygen atoms in total. The van der Waals surface area contributed by atoms with E-state index >= 15 is 0 Å². The number of rotatable bonds is 5. The van der Waals surface area contributed by atoms with Crippen LogP contribution in [0.5, 0.6) is 0 Å². The number of ether oxygens (including phenoxy) is 1. The average molecular weight is 311 g/mol. The highest BCUT2D eigenvalue weighted by Crippen LogP contribution is 2.34. The van der Waals surface area contributed by atoms with Crippen molar-refractivity contribution >= 4 is 16.0 Å². The van der Waals surface area contributed by atoms with Gasteiger partial charge in [-0.05, 0) is 37.0 Å². The van der Waals surface area contributed by atoms with Crippen molar-refractivity contribution in [3.8, 4) is 0 Å². The molecule has 114 valence electrons. The van der Waals surface area contributed by atoms with Crippen LogP contribution in [0.15, 0.2) is 24.3 Å². The minimum absolute atomic E-state index is 0.000776. The highest BCUT2D eigenvalue weighted by molar-refractivity contribution is 7.88. The van der Waals surface area contributed by atoms with Crippen LogP contribution in [-0.2, 0) is 20.5 Å². The van der Waals surface area contributed by atoms with Crippen LogP contribution in [0.1, 0.15) is 35.2 Å². The van der Waals surface area contributed by atoms with Crippen LogP contribution < -0.4 is 4.72 Å². The molecule has 0 saturated carbocycles. The molecule has 1 aromatic rings. The van der Waals surface area contributed by atoms with Crippen LogP contribution >= 0.6 is 0 Å². The lowest BCUT2D eigenvalue weighted by atomic mass is 9.96. The van der Waals surface area contributed by atoms with Gasteiger partial charge in [0.2, 0.25) is 10.0 Å². The fourth-order valence-electron chi connectivity index (χ4n) is 3.00. The number of carboxylic acids is 1. The summed E-state index contributed by atoms with van der Waals surface area (Å²) in [6, 6.07) is 5.74. The van der Waals surface area contributed by atoms with Gasteiger partial charge < -0.3 is 9.84 Å². The second-order valence-corrected chi connectivity index (χ2v) is 7.35. The lowest BCUT2D eigenvalue weighted by Crippen LogP contribution is -2.41. The number of fused-ring (bicyclic) bond motifs is 2. The Morgan fingerprint density at radius 2 is 2.00 bits per heavy atom. The van der Waals surface area contributed by atoms with Crippen molar-refractivity contribution in [3.63, 3.8) is 0 Å². The zero-order valence-electron chi connectivity index (χ0n) is 11.4. The SMILES string of the molecule is O=C(O)c1ccc(CS(=O)(=O)NC2CC3CCC2O3)cc1. The topological polar surface area (TPSA) is 92.7 Å². The van der Waals surface area contributed by atoms with Crippen molar-refractivity contribution in [2.24, 2.45) is 0 Å². The molecular formula is C14H17NO5S. The number of sulfonamides is 1. The molecule has 1 aromatic carbocycles. The maximum absolute atomic E-state index is 12.2. The molecule has 0 amide bonds. The number of aromatic carboxylic acids is 1. The zero-order valence-corrected chi connectivity index (χ0v) is 12.2. The number of nitrogens with one attached hydrogen (secondary N) is 1. The van der Waals surface area contributed by atoms with Gasteiger partial charge in [-0.1, -0.05) is 12.1 Å². The summed E-state index contributed by atoms with van der Waals surface area (Å²) in [5.41, 5.74) is 0.710. The highest BCUT2D eigenvalue weighted by atomic mass is 32.2. The van der Waals surface area contributed by atoms with Gasteiger partial charge in [-0.3, -0.25) is 0 Å². The Hall–Kier alpha value is -1.44. The lowest BCUT2D eigenvalue weighted by molar-refractivity contribution is 0.0697. The lowest BCUT2D eigenvalue weighted by Gasteiger charge is -2.20. The Morgan fingerprint density at radius 1 is 1.29 bits per heavy atom.